The molecule has 0 unspecified atom stereocenters. The summed E-state index contributed by atoms with van der Waals surface area (Å²) in [6.07, 6.45) is 7.76. The van der Waals surface area contributed by atoms with Crippen LogP contribution in [0.5, 0.6) is 0 Å². The fraction of sp³-hybridized carbons (Fsp3) is 0.917. The zero-order chi connectivity index (χ0) is 11.1. The average Bonchev–Trinajstić information content (AvgIpc) is 2.66. The van der Waals surface area contributed by atoms with Gasteiger partial charge in [-0.15, -0.1) is 0 Å². The number of nitrogens with two attached hydrogens (primary N) is 1. The number of carbonyl (C=O) groups is 1. The highest BCUT2D eigenvalue weighted by Crippen LogP contribution is 2.37. The lowest BCUT2D eigenvalue weighted by Gasteiger charge is -2.22. The number of unbranched alkanes of at least 4 members (excludes halogenated alkanes) is 2. The topological polar surface area (TPSA) is 55.1 Å². The highest BCUT2D eigenvalue weighted by Gasteiger charge is 2.35. The lowest BCUT2D eigenvalue weighted by Crippen LogP contribution is -2.37. The third-order valence-corrected chi connectivity index (χ3v) is 3.42. The van der Waals surface area contributed by atoms with Crippen LogP contribution in [0.25, 0.3) is 0 Å². The second-order valence-electron chi connectivity index (χ2n) is 4.87. The molecule has 1 aliphatic rings. The minimum Gasteiger partial charge on any atom is -0.356 e. The normalized spacial score (nSPS) is 19.1. The summed E-state index contributed by atoms with van der Waals surface area (Å²) in [6.45, 7) is 3.66. The molecule has 0 aromatic heterocycles. The van der Waals surface area contributed by atoms with Gasteiger partial charge in [0.1, 0.15) is 0 Å². The molecular weight excluding hydrogens is 188 g/mol. The van der Waals surface area contributed by atoms with Gasteiger partial charge in [0, 0.05) is 12.0 Å². The number of amides is 1. The van der Waals surface area contributed by atoms with Crippen molar-refractivity contribution in [2.75, 3.05) is 13.1 Å². The molecule has 1 aliphatic carbocycles. The highest BCUT2D eigenvalue weighted by molar-refractivity contribution is 5.82. The molecule has 1 saturated carbocycles. The van der Waals surface area contributed by atoms with E-state index in [9.17, 15) is 4.79 Å². The van der Waals surface area contributed by atoms with Gasteiger partial charge in [0.25, 0.3) is 0 Å². The molecule has 1 rings (SSSR count). The Labute approximate surface area is 92.8 Å². The Bertz CT molecular complexity index is 198. The van der Waals surface area contributed by atoms with Crippen molar-refractivity contribution in [3.8, 4) is 0 Å². The molecule has 88 valence electrons. The number of carbonyl (C=O) groups excluding carboxylic acids is 1. The second kappa shape index (κ2) is 6.11. The fourth-order valence-electron chi connectivity index (χ4n) is 2.24. The lowest BCUT2D eigenvalue weighted by molar-refractivity contribution is -0.129. The molecule has 1 fully saturated rings. The molecule has 0 aromatic rings. The molecule has 0 aromatic carbocycles. The minimum absolute atomic E-state index is 0.0755. The summed E-state index contributed by atoms with van der Waals surface area (Å²) in [5.74, 6) is 0.257. The Balaban J connectivity index is 2.12. The standard InChI is InChI=1S/C12H24N2O/c1-12(7-3-4-8-12)11(15)14-10-6-2-5-9-13/h2-10,13H2,1H3,(H,14,15). The summed E-state index contributed by atoms with van der Waals surface area (Å²) in [4.78, 5) is 11.9. The van der Waals surface area contributed by atoms with Crippen LogP contribution in [0.2, 0.25) is 0 Å². The van der Waals surface area contributed by atoms with Crippen molar-refractivity contribution in [1.82, 2.24) is 5.32 Å². The minimum atomic E-state index is -0.0755. The third-order valence-electron chi connectivity index (χ3n) is 3.42. The van der Waals surface area contributed by atoms with Gasteiger partial charge >= 0.3 is 0 Å². The number of nitrogens with one attached hydrogen (secondary N) is 1. The molecule has 0 aliphatic heterocycles. The molecule has 1 amide bonds. The predicted molar refractivity (Wildman–Crippen MR) is 62.5 cm³/mol. The van der Waals surface area contributed by atoms with Crippen LogP contribution >= 0.6 is 0 Å². The van der Waals surface area contributed by atoms with Crippen molar-refractivity contribution in [2.24, 2.45) is 11.1 Å². The van der Waals surface area contributed by atoms with Gasteiger partial charge in [0.05, 0.1) is 0 Å². The molecule has 0 spiro atoms. The van der Waals surface area contributed by atoms with E-state index in [-0.39, 0.29) is 11.3 Å². The van der Waals surface area contributed by atoms with Gasteiger partial charge in [0.2, 0.25) is 5.91 Å². The van der Waals surface area contributed by atoms with Crippen molar-refractivity contribution >= 4 is 5.91 Å². The van der Waals surface area contributed by atoms with Crippen molar-refractivity contribution in [3.63, 3.8) is 0 Å². The van der Waals surface area contributed by atoms with Gasteiger partial charge in [-0.05, 0) is 32.2 Å². The Kier molecular flexibility index (Phi) is 5.09. The van der Waals surface area contributed by atoms with Crippen LogP contribution in [0, 0.1) is 5.41 Å². The lowest BCUT2D eigenvalue weighted by atomic mass is 9.88. The molecule has 0 heterocycles. The van der Waals surface area contributed by atoms with E-state index in [4.69, 9.17) is 5.73 Å². The molecular formula is C12H24N2O. The van der Waals surface area contributed by atoms with Gasteiger partial charge in [0.15, 0.2) is 0 Å². The van der Waals surface area contributed by atoms with E-state index < -0.39 is 0 Å². The average molecular weight is 212 g/mol. The maximum Gasteiger partial charge on any atom is 0.225 e. The first-order valence-corrected chi connectivity index (χ1v) is 6.17. The van der Waals surface area contributed by atoms with E-state index in [0.29, 0.717) is 0 Å². The first-order valence-electron chi connectivity index (χ1n) is 6.17. The zero-order valence-corrected chi connectivity index (χ0v) is 9.85. The summed E-state index contributed by atoms with van der Waals surface area (Å²) in [5.41, 5.74) is 5.33. The summed E-state index contributed by atoms with van der Waals surface area (Å²) in [6, 6.07) is 0. The molecule has 0 radical (unpaired) electrons. The quantitative estimate of drug-likeness (QED) is 0.660. The summed E-state index contributed by atoms with van der Waals surface area (Å²) >= 11 is 0. The molecule has 15 heavy (non-hydrogen) atoms. The van der Waals surface area contributed by atoms with Crippen molar-refractivity contribution in [2.45, 2.75) is 51.9 Å². The van der Waals surface area contributed by atoms with Gasteiger partial charge in [-0.3, -0.25) is 4.79 Å². The van der Waals surface area contributed by atoms with E-state index in [1.807, 2.05) is 0 Å². The predicted octanol–water partition coefficient (Wildman–Crippen LogP) is 1.81. The third kappa shape index (κ3) is 3.82. The van der Waals surface area contributed by atoms with Gasteiger partial charge in [-0.25, -0.2) is 0 Å². The highest BCUT2D eigenvalue weighted by atomic mass is 16.2. The van der Waals surface area contributed by atoms with E-state index in [2.05, 4.69) is 12.2 Å². The molecule has 0 bridgehead atoms. The molecule has 3 N–H and O–H groups in total. The maximum absolute atomic E-state index is 11.9. The van der Waals surface area contributed by atoms with Gasteiger partial charge in [-0.1, -0.05) is 26.2 Å². The van der Waals surface area contributed by atoms with Crippen molar-refractivity contribution in [3.05, 3.63) is 0 Å². The van der Waals surface area contributed by atoms with Gasteiger partial charge in [-0.2, -0.15) is 0 Å². The Morgan fingerprint density at radius 2 is 1.93 bits per heavy atom. The SMILES string of the molecule is CC1(C(=O)NCCCCCN)CCCC1. The first kappa shape index (κ1) is 12.5. The maximum atomic E-state index is 11.9. The number of rotatable bonds is 6. The smallest absolute Gasteiger partial charge is 0.225 e. The fourth-order valence-corrected chi connectivity index (χ4v) is 2.24. The number of hydrogen-bond acceptors (Lipinski definition) is 2. The molecule has 3 heteroatoms. The molecule has 0 atom stereocenters. The van der Waals surface area contributed by atoms with Crippen LogP contribution in [0.4, 0.5) is 0 Å². The largest absolute Gasteiger partial charge is 0.356 e. The number of hydrogen-bond donors (Lipinski definition) is 2. The van der Waals surface area contributed by atoms with Crippen LogP contribution in [-0.4, -0.2) is 19.0 Å². The van der Waals surface area contributed by atoms with Crippen LogP contribution in [0.1, 0.15) is 51.9 Å². The van der Waals surface area contributed by atoms with Crippen LogP contribution in [0.15, 0.2) is 0 Å². The van der Waals surface area contributed by atoms with Crippen LogP contribution in [0.3, 0.4) is 0 Å². The summed E-state index contributed by atoms with van der Waals surface area (Å²) in [5, 5.41) is 3.04. The van der Waals surface area contributed by atoms with Crippen LogP contribution < -0.4 is 11.1 Å². The van der Waals surface area contributed by atoms with E-state index >= 15 is 0 Å². The summed E-state index contributed by atoms with van der Waals surface area (Å²) in [7, 11) is 0. The first-order chi connectivity index (χ1) is 7.19. The van der Waals surface area contributed by atoms with Crippen molar-refractivity contribution in [1.29, 1.82) is 0 Å². The van der Waals surface area contributed by atoms with E-state index in [0.717, 1.165) is 45.2 Å². The van der Waals surface area contributed by atoms with E-state index in [1.165, 1.54) is 12.8 Å². The Morgan fingerprint density at radius 3 is 2.53 bits per heavy atom. The monoisotopic (exact) mass is 212 g/mol. The van der Waals surface area contributed by atoms with Crippen LogP contribution in [-0.2, 0) is 4.79 Å². The second-order valence-corrected chi connectivity index (χ2v) is 4.87. The summed E-state index contributed by atoms with van der Waals surface area (Å²) < 4.78 is 0. The Morgan fingerprint density at radius 1 is 1.27 bits per heavy atom. The van der Waals surface area contributed by atoms with Gasteiger partial charge < -0.3 is 11.1 Å². The molecule has 3 nitrogen and oxygen atoms in total. The van der Waals surface area contributed by atoms with Crippen molar-refractivity contribution < 1.29 is 4.79 Å². The molecule has 0 saturated heterocycles. The zero-order valence-electron chi connectivity index (χ0n) is 9.85. The Hall–Kier alpha value is -0.570. The van der Waals surface area contributed by atoms with E-state index in [1.54, 1.807) is 0 Å².